The summed E-state index contributed by atoms with van der Waals surface area (Å²) in [5, 5.41) is 21.4. The summed E-state index contributed by atoms with van der Waals surface area (Å²) in [6, 6.07) is 7.33. The van der Waals surface area contributed by atoms with E-state index < -0.39 is 0 Å². The van der Waals surface area contributed by atoms with E-state index in [2.05, 4.69) is 12.2 Å². The van der Waals surface area contributed by atoms with Crippen molar-refractivity contribution in [1.82, 2.24) is 0 Å². The van der Waals surface area contributed by atoms with Crippen LogP contribution in [0.2, 0.25) is 5.02 Å². The van der Waals surface area contributed by atoms with E-state index in [0.717, 1.165) is 25.1 Å². The first-order valence-electron chi connectivity index (χ1n) is 5.75. The number of anilines is 1. The molecule has 1 aromatic rings. The minimum absolute atomic E-state index is 0.217. The van der Waals surface area contributed by atoms with E-state index in [1.54, 1.807) is 12.1 Å². The molecule has 1 rings (SSSR count). The van der Waals surface area contributed by atoms with Crippen molar-refractivity contribution in [3.63, 3.8) is 0 Å². The average Bonchev–Trinajstić information content (AvgIpc) is 2.34. The average molecular weight is 253 g/mol. The predicted molar refractivity (Wildman–Crippen MR) is 70.1 cm³/mol. The van der Waals surface area contributed by atoms with Gasteiger partial charge in [-0.25, -0.2) is 0 Å². The molecule has 0 heterocycles. The molecule has 0 aliphatic carbocycles. The Kier molecular flexibility index (Phi) is 5.82. The fraction of sp³-hybridized carbons (Fsp3) is 0.462. The lowest BCUT2D eigenvalue weighted by Crippen LogP contribution is -2.14. The molecule has 0 saturated carbocycles. The van der Waals surface area contributed by atoms with Crippen molar-refractivity contribution in [1.29, 1.82) is 5.26 Å². The number of hydrogen-bond donors (Lipinski definition) is 2. The van der Waals surface area contributed by atoms with Crippen molar-refractivity contribution in [2.75, 3.05) is 18.5 Å². The fourth-order valence-electron chi connectivity index (χ4n) is 1.61. The van der Waals surface area contributed by atoms with Gasteiger partial charge in [-0.1, -0.05) is 24.9 Å². The van der Waals surface area contributed by atoms with E-state index in [9.17, 15) is 0 Å². The quantitative estimate of drug-likeness (QED) is 0.818. The van der Waals surface area contributed by atoms with E-state index >= 15 is 0 Å². The highest BCUT2D eigenvalue weighted by Gasteiger charge is 2.06. The Bertz CT molecular complexity index is 401. The summed E-state index contributed by atoms with van der Waals surface area (Å²) in [4.78, 5) is 0. The van der Waals surface area contributed by atoms with Crippen LogP contribution in [0.3, 0.4) is 0 Å². The second kappa shape index (κ2) is 7.16. The molecule has 0 radical (unpaired) electrons. The Labute approximate surface area is 107 Å². The van der Waals surface area contributed by atoms with Crippen LogP contribution in [-0.2, 0) is 0 Å². The second-order valence-electron chi connectivity index (χ2n) is 3.97. The van der Waals surface area contributed by atoms with Crippen molar-refractivity contribution < 1.29 is 5.11 Å². The Morgan fingerprint density at radius 3 is 2.82 bits per heavy atom. The molecular formula is C13H17ClN2O. The number of aliphatic hydroxyl groups is 1. The molecular weight excluding hydrogens is 236 g/mol. The van der Waals surface area contributed by atoms with Crippen LogP contribution in [0.5, 0.6) is 0 Å². The van der Waals surface area contributed by atoms with Gasteiger partial charge in [0.25, 0.3) is 0 Å². The van der Waals surface area contributed by atoms with Crippen LogP contribution >= 0.6 is 11.6 Å². The van der Waals surface area contributed by atoms with Crippen molar-refractivity contribution in [2.24, 2.45) is 5.92 Å². The monoisotopic (exact) mass is 252 g/mol. The van der Waals surface area contributed by atoms with Crippen molar-refractivity contribution in [3.05, 3.63) is 28.8 Å². The summed E-state index contributed by atoms with van der Waals surface area (Å²) >= 11 is 5.94. The molecule has 1 atom stereocenters. The number of halogens is 1. The zero-order valence-corrected chi connectivity index (χ0v) is 10.7. The molecule has 0 saturated heterocycles. The highest BCUT2D eigenvalue weighted by atomic mass is 35.5. The highest BCUT2D eigenvalue weighted by Crippen LogP contribution is 2.20. The van der Waals surface area contributed by atoms with Crippen LogP contribution in [0, 0.1) is 17.2 Å². The zero-order valence-electron chi connectivity index (χ0n) is 9.91. The summed E-state index contributed by atoms with van der Waals surface area (Å²) in [7, 11) is 0. The molecule has 2 N–H and O–H groups in total. The summed E-state index contributed by atoms with van der Waals surface area (Å²) in [6.45, 7) is 3.13. The van der Waals surface area contributed by atoms with Gasteiger partial charge in [-0.3, -0.25) is 0 Å². The molecule has 0 aromatic heterocycles. The van der Waals surface area contributed by atoms with E-state index in [0.29, 0.717) is 16.5 Å². The zero-order chi connectivity index (χ0) is 12.7. The summed E-state index contributed by atoms with van der Waals surface area (Å²) in [6.07, 6.45) is 1.82. The maximum atomic E-state index is 8.89. The molecule has 0 aliphatic heterocycles. The van der Waals surface area contributed by atoms with Gasteiger partial charge in [0, 0.05) is 18.8 Å². The Morgan fingerprint density at radius 2 is 2.29 bits per heavy atom. The van der Waals surface area contributed by atoms with Crippen molar-refractivity contribution >= 4 is 17.3 Å². The minimum Gasteiger partial charge on any atom is -0.396 e. The molecule has 0 aliphatic rings. The maximum absolute atomic E-state index is 8.89. The topological polar surface area (TPSA) is 56.0 Å². The molecule has 0 fully saturated rings. The van der Waals surface area contributed by atoms with Gasteiger partial charge < -0.3 is 10.4 Å². The molecule has 17 heavy (non-hydrogen) atoms. The number of nitrogens with one attached hydrogen (secondary N) is 1. The van der Waals surface area contributed by atoms with Gasteiger partial charge in [0.2, 0.25) is 0 Å². The molecule has 0 amide bonds. The van der Waals surface area contributed by atoms with E-state index in [1.165, 1.54) is 0 Å². The van der Waals surface area contributed by atoms with E-state index in [4.69, 9.17) is 22.0 Å². The van der Waals surface area contributed by atoms with Gasteiger partial charge in [-0.2, -0.15) is 5.26 Å². The number of nitriles is 1. The first-order chi connectivity index (χ1) is 8.21. The number of rotatable bonds is 6. The third-order valence-corrected chi connectivity index (χ3v) is 3.11. The van der Waals surface area contributed by atoms with Crippen LogP contribution in [0.15, 0.2) is 18.2 Å². The normalized spacial score (nSPS) is 11.9. The van der Waals surface area contributed by atoms with E-state index in [-0.39, 0.29) is 6.61 Å². The third-order valence-electron chi connectivity index (χ3n) is 2.80. The predicted octanol–water partition coefficient (Wildman–Crippen LogP) is 3.03. The summed E-state index contributed by atoms with van der Waals surface area (Å²) in [5.41, 5.74) is 1.39. The van der Waals surface area contributed by atoms with Crippen LogP contribution in [0.4, 0.5) is 5.69 Å². The molecule has 0 bridgehead atoms. The summed E-state index contributed by atoms with van der Waals surface area (Å²) in [5.74, 6) is 0.453. The van der Waals surface area contributed by atoms with Crippen molar-refractivity contribution in [2.45, 2.75) is 19.8 Å². The van der Waals surface area contributed by atoms with Gasteiger partial charge >= 0.3 is 0 Å². The Balaban J connectivity index is 2.58. The van der Waals surface area contributed by atoms with Gasteiger partial charge in [-0.05, 0) is 30.5 Å². The third kappa shape index (κ3) is 4.26. The maximum Gasteiger partial charge on any atom is 0.101 e. The first-order valence-corrected chi connectivity index (χ1v) is 6.13. The lowest BCUT2D eigenvalue weighted by atomic mass is 10.0. The Hall–Kier alpha value is -1.24. The van der Waals surface area contributed by atoms with Crippen LogP contribution in [0.25, 0.3) is 0 Å². The molecule has 1 aromatic carbocycles. The lowest BCUT2D eigenvalue weighted by Gasteiger charge is -2.15. The minimum atomic E-state index is 0.217. The SMILES string of the molecule is CCC(CCO)CNc1ccc(C#N)c(Cl)c1. The summed E-state index contributed by atoms with van der Waals surface area (Å²) < 4.78 is 0. The van der Waals surface area contributed by atoms with Crippen LogP contribution in [0.1, 0.15) is 25.3 Å². The van der Waals surface area contributed by atoms with Gasteiger partial charge in [0.15, 0.2) is 0 Å². The largest absolute Gasteiger partial charge is 0.396 e. The molecule has 0 spiro atoms. The first kappa shape index (κ1) is 13.8. The fourth-order valence-corrected chi connectivity index (χ4v) is 1.83. The van der Waals surface area contributed by atoms with E-state index in [1.807, 2.05) is 12.1 Å². The standard InChI is InChI=1S/C13H17ClN2O/c1-2-10(5-6-17)9-16-12-4-3-11(8-15)13(14)7-12/h3-4,7,10,16-17H,2,5-6,9H2,1H3. The molecule has 4 heteroatoms. The van der Waals surface area contributed by atoms with Gasteiger partial charge in [0.1, 0.15) is 6.07 Å². The Morgan fingerprint density at radius 1 is 1.53 bits per heavy atom. The van der Waals surface area contributed by atoms with Crippen LogP contribution in [-0.4, -0.2) is 18.3 Å². The second-order valence-corrected chi connectivity index (χ2v) is 4.38. The number of nitrogens with zero attached hydrogens (tertiary/aromatic N) is 1. The lowest BCUT2D eigenvalue weighted by molar-refractivity contribution is 0.258. The number of hydrogen-bond acceptors (Lipinski definition) is 3. The van der Waals surface area contributed by atoms with Gasteiger partial charge in [0.05, 0.1) is 10.6 Å². The smallest absolute Gasteiger partial charge is 0.101 e. The molecule has 3 nitrogen and oxygen atoms in total. The van der Waals surface area contributed by atoms with Gasteiger partial charge in [-0.15, -0.1) is 0 Å². The number of benzene rings is 1. The highest BCUT2D eigenvalue weighted by molar-refractivity contribution is 6.32. The van der Waals surface area contributed by atoms with Crippen LogP contribution < -0.4 is 5.32 Å². The molecule has 92 valence electrons. The van der Waals surface area contributed by atoms with Crippen molar-refractivity contribution in [3.8, 4) is 6.07 Å². The molecule has 1 unspecified atom stereocenters. The number of aliphatic hydroxyl groups excluding tert-OH is 1.